The lowest BCUT2D eigenvalue weighted by molar-refractivity contribution is -0.124. The first-order chi connectivity index (χ1) is 8.24. The first kappa shape index (κ1) is 14.5. The Morgan fingerprint density at radius 2 is 2.12 bits per heavy atom. The summed E-state index contributed by atoms with van der Waals surface area (Å²) < 4.78 is 5.43. The molecule has 2 atom stereocenters. The molecule has 0 aromatic carbocycles. The molecule has 0 saturated heterocycles. The van der Waals surface area contributed by atoms with Crippen LogP contribution in [0.1, 0.15) is 45.4 Å². The lowest BCUT2D eigenvalue weighted by Gasteiger charge is -2.10. The number of amides is 1. The number of carbonyl (C=O) groups excluding carboxylic acids is 1. The highest BCUT2D eigenvalue weighted by molar-refractivity contribution is 5.78. The van der Waals surface area contributed by atoms with Gasteiger partial charge in [-0.25, -0.2) is 0 Å². The zero-order chi connectivity index (χ0) is 12.5. The molecule has 4 heteroatoms. The van der Waals surface area contributed by atoms with Gasteiger partial charge in [0.15, 0.2) is 0 Å². The Kier molecular flexibility index (Phi) is 7.21. The van der Waals surface area contributed by atoms with Crippen molar-refractivity contribution in [3.05, 3.63) is 0 Å². The van der Waals surface area contributed by atoms with Crippen molar-refractivity contribution in [2.24, 2.45) is 11.7 Å². The molecule has 1 rings (SSSR count). The summed E-state index contributed by atoms with van der Waals surface area (Å²) in [5, 5.41) is 2.96. The van der Waals surface area contributed by atoms with Crippen LogP contribution in [-0.4, -0.2) is 31.7 Å². The van der Waals surface area contributed by atoms with Gasteiger partial charge in [0.2, 0.25) is 5.91 Å². The Balaban J connectivity index is 1.93. The van der Waals surface area contributed by atoms with Crippen molar-refractivity contribution in [2.75, 3.05) is 19.8 Å². The molecule has 100 valence electrons. The molecule has 17 heavy (non-hydrogen) atoms. The lowest BCUT2D eigenvalue weighted by Crippen LogP contribution is -2.31. The lowest BCUT2D eigenvalue weighted by atomic mass is 10.1. The normalized spacial score (nSPS) is 23.9. The standard InChI is InChI=1S/C13H26N2O2/c1-2-3-8-17-9-4-7-15-13(16)11-5-6-12(14)10-11/h11-12H,2-10,14H2,1H3,(H,15,16). The number of nitrogens with two attached hydrogens (primary N) is 1. The SMILES string of the molecule is CCCCOCCCNC(=O)C1CCC(N)C1. The van der Waals surface area contributed by atoms with Gasteiger partial charge < -0.3 is 15.8 Å². The Morgan fingerprint density at radius 3 is 2.76 bits per heavy atom. The second-order valence-electron chi connectivity index (χ2n) is 4.88. The summed E-state index contributed by atoms with van der Waals surface area (Å²) in [5.41, 5.74) is 5.79. The molecular formula is C13H26N2O2. The van der Waals surface area contributed by atoms with Gasteiger partial charge in [-0.05, 0) is 32.1 Å². The maximum atomic E-state index is 11.7. The molecule has 4 nitrogen and oxygen atoms in total. The van der Waals surface area contributed by atoms with Crippen molar-refractivity contribution in [1.82, 2.24) is 5.32 Å². The van der Waals surface area contributed by atoms with Crippen LogP contribution < -0.4 is 11.1 Å². The van der Waals surface area contributed by atoms with E-state index in [-0.39, 0.29) is 17.9 Å². The molecule has 3 N–H and O–H groups in total. The fraction of sp³-hybridized carbons (Fsp3) is 0.923. The van der Waals surface area contributed by atoms with E-state index in [0.717, 1.165) is 51.9 Å². The van der Waals surface area contributed by atoms with Crippen LogP contribution in [0.2, 0.25) is 0 Å². The molecule has 0 aromatic rings. The molecule has 0 heterocycles. The molecule has 0 radical (unpaired) electrons. The van der Waals surface area contributed by atoms with E-state index in [2.05, 4.69) is 12.2 Å². The van der Waals surface area contributed by atoms with Gasteiger partial charge in [-0.1, -0.05) is 13.3 Å². The number of carbonyl (C=O) groups is 1. The molecule has 1 saturated carbocycles. The van der Waals surface area contributed by atoms with E-state index in [4.69, 9.17) is 10.5 Å². The highest BCUT2D eigenvalue weighted by atomic mass is 16.5. The average molecular weight is 242 g/mol. The number of hydrogen-bond donors (Lipinski definition) is 2. The van der Waals surface area contributed by atoms with Crippen LogP contribution in [0.3, 0.4) is 0 Å². The predicted molar refractivity (Wildman–Crippen MR) is 68.7 cm³/mol. The van der Waals surface area contributed by atoms with Crippen molar-refractivity contribution in [1.29, 1.82) is 0 Å². The number of ether oxygens (including phenoxy) is 1. The minimum absolute atomic E-state index is 0.144. The van der Waals surface area contributed by atoms with E-state index < -0.39 is 0 Å². The molecule has 1 amide bonds. The first-order valence-corrected chi connectivity index (χ1v) is 6.85. The van der Waals surface area contributed by atoms with Gasteiger partial charge in [0.1, 0.15) is 0 Å². The largest absolute Gasteiger partial charge is 0.381 e. The van der Waals surface area contributed by atoms with E-state index in [0.29, 0.717) is 0 Å². The highest BCUT2D eigenvalue weighted by Gasteiger charge is 2.27. The van der Waals surface area contributed by atoms with Crippen molar-refractivity contribution in [3.8, 4) is 0 Å². The van der Waals surface area contributed by atoms with E-state index >= 15 is 0 Å². The maximum absolute atomic E-state index is 11.7. The molecule has 0 spiro atoms. The molecule has 0 aliphatic heterocycles. The smallest absolute Gasteiger partial charge is 0.223 e. The van der Waals surface area contributed by atoms with Crippen LogP contribution in [0.5, 0.6) is 0 Å². The summed E-state index contributed by atoms with van der Waals surface area (Å²) >= 11 is 0. The van der Waals surface area contributed by atoms with Gasteiger partial charge in [-0.3, -0.25) is 4.79 Å². The third kappa shape index (κ3) is 6.03. The van der Waals surface area contributed by atoms with Gasteiger partial charge in [-0.2, -0.15) is 0 Å². The average Bonchev–Trinajstić information content (AvgIpc) is 2.74. The van der Waals surface area contributed by atoms with Crippen molar-refractivity contribution in [2.45, 2.75) is 51.5 Å². The summed E-state index contributed by atoms with van der Waals surface area (Å²) in [6, 6.07) is 0.225. The summed E-state index contributed by atoms with van der Waals surface area (Å²) in [6.07, 6.45) is 5.95. The van der Waals surface area contributed by atoms with Gasteiger partial charge in [0.25, 0.3) is 0 Å². The number of hydrogen-bond acceptors (Lipinski definition) is 3. The predicted octanol–water partition coefficient (Wildman–Crippen LogP) is 1.44. The minimum Gasteiger partial charge on any atom is -0.381 e. The second kappa shape index (κ2) is 8.48. The van der Waals surface area contributed by atoms with E-state index in [1.165, 1.54) is 6.42 Å². The highest BCUT2D eigenvalue weighted by Crippen LogP contribution is 2.23. The monoisotopic (exact) mass is 242 g/mol. The van der Waals surface area contributed by atoms with Crippen LogP contribution in [0, 0.1) is 5.92 Å². The molecule has 0 aromatic heterocycles. The van der Waals surface area contributed by atoms with Gasteiger partial charge in [-0.15, -0.1) is 0 Å². The number of unbranched alkanes of at least 4 members (excludes halogenated alkanes) is 1. The molecule has 1 aliphatic rings. The van der Waals surface area contributed by atoms with Crippen LogP contribution in [0.15, 0.2) is 0 Å². The third-order valence-electron chi connectivity index (χ3n) is 3.25. The fourth-order valence-corrected chi connectivity index (χ4v) is 2.13. The third-order valence-corrected chi connectivity index (χ3v) is 3.25. The van der Waals surface area contributed by atoms with Crippen LogP contribution in [0.4, 0.5) is 0 Å². The summed E-state index contributed by atoms with van der Waals surface area (Å²) in [6.45, 7) is 4.44. The molecular weight excluding hydrogens is 216 g/mol. The quantitative estimate of drug-likeness (QED) is 0.633. The molecule has 1 aliphatic carbocycles. The maximum Gasteiger partial charge on any atom is 0.223 e. The molecule has 1 fully saturated rings. The van der Waals surface area contributed by atoms with Gasteiger partial charge >= 0.3 is 0 Å². The Bertz CT molecular complexity index is 221. The van der Waals surface area contributed by atoms with Crippen molar-refractivity contribution >= 4 is 5.91 Å². The van der Waals surface area contributed by atoms with Crippen LogP contribution in [-0.2, 0) is 9.53 Å². The molecule has 0 bridgehead atoms. The number of nitrogens with one attached hydrogen (secondary N) is 1. The Hall–Kier alpha value is -0.610. The minimum atomic E-state index is 0.144. The summed E-state index contributed by atoms with van der Waals surface area (Å²) in [5.74, 6) is 0.317. The van der Waals surface area contributed by atoms with Gasteiger partial charge in [0.05, 0.1) is 0 Å². The van der Waals surface area contributed by atoms with Crippen molar-refractivity contribution in [3.63, 3.8) is 0 Å². The van der Waals surface area contributed by atoms with Crippen LogP contribution in [0.25, 0.3) is 0 Å². The van der Waals surface area contributed by atoms with E-state index in [9.17, 15) is 4.79 Å². The van der Waals surface area contributed by atoms with Crippen molar-refractivity contribution < 1.29 is 9.53 Å². The topological polar surface area (TPSA) is 64.3 Å². The summed E-state index contributed by atoms with van der Waals surface area (Å²) in [4.78, 5) is 11.7. The zero-order valence-electron chi connectivity index (χ0n) is 10.9. The Labute approximate surface area is 104 Å². The fourth-order valence-electron chi connectivity index (χ4n) is 2.13. The number of rotatable bonds is 8. The second-order valence-corrected chi connectivity index (χ2v) is 4.88. The molecule has 2 unspecified atom stereocenters. The first-order valence-electron chi connectivity index (χ1n) is 6.85. The summed E-state index contributed by atoms with van der Waals surface area (Å²) in [7, 11) is 0. The van der Waals surface area contributed by atoms with Gasteiger partial charge in [0, 0.05) is 31.7 Å². The van der Waals surface area contributed by atoms with Crippen LogP contribution >= 0.6 is 0 Å². The van der Waals surface area contributed by atoms with E-state index in [1.807, 2.05) is 0 Å². The Morgan fingerprint density at radius 1 is 1.35 bits per heavy atom. The van der Waals surface area contributed by atoms with E-state index in [1.54, 1.807) is 0 Å². The zero-order valence-corrected chi connectivity index (χ0v) is 10.9.